The third kappa shape index (κ3) is 5.93. The Labute approximate surface area is 196 Å². The second-order valence-corrected chi connectivity index (χ2v) is 9.26. The number of nitrogens with zero attached hydrogens (tertiary/aromatic N) is 2. The van der Waals surface area contributed by atoms with Crippen LogP contribution in [0, 0.1) is 0 Å². The zero-order valence-corrected chi connectivity index (χ0v) is 19.4. The van der Waals surface area contributed by atoms with Crippen molar-refractivity contribution in [2.45, 2.75) is 63.1 Å². The van der Waals surface area contributed by atoms with E-state index in [1.807, 2.05) is 47.4 Å². The summed E-state index contributed by atoms with van der Waals surface area (Å²) in [6.07, 6.45) is 4.85. The molecule has 0 saturated carbocycles. The Morgan fingerprint density at radius 1 is 1.03 bits per heavy atom. The first-order valence-corrected chi connectivity index (χ1v) is 12.0. The molecule has 2 saturated heterocycles. The van der Waals surface area contributed by atoms with E-state index in [0.717, 1.165) is 24.9 Å². The molecule has 1 amide bonds. The molecular weight excluding hydrogens is 416 g/mol. The minimum Gasteiger partial charge on any atom is -0.508 e. The Morgan fingerprint density at radius 2 is 1.76 bits per heavy atom. The predicted molar refractivity (Wildman–Crippen MR) is 127 cm³/mol. The van der Waals surface area contributed by atoms with E-state index in [0.29, 0.717) is 36.8 Å². The van der Waals surface area contributed by atoms with Gasteiger partial charge in [0, 0.05) is 38.1 Å². The average Bonchev–Trinajstić information content (AvgIpc) is 3.06. The van der Waals surface area contributed by atoms with Crippen molar-refractivity contribution in [3.63, 3.8) is 0 Å². The summed E-state index contributed by atoms with van der Waals surface area (Å²) in [6, 6.07) is 18.7. The fourth-order valence-electron chi connectivity index (χ4n) is 5.49. The molecule has 0 radical (unpaired) electrons. The topological polar surface area (TPSA) is 70.1 Å². The molecule has 1 N–H and O–H groups in total. The normalized spacial score (nSPS) is 22.2. The van der Waals surface area contributed by atoms with Gasteiger partial charge in [-0.05, 0) is 54.9 Å². The number of amides is 1. The summed E-state index contributed by atoms with van der Waals surface area (Å²) in [4.78, 5) is 29.0. The summed E-state index contributed by atoms with van der Waals surface area (Å²) in [5.74, 6) is 0.457. The van der Waals surface area contributed by atoms with E-state index in [4.69, 9.17) is 4.74 Å². The zero-order valence-electron chi connectivity index (χ0n) is 19.4. The zero-order chi connectivity index (χ0) is 23.2. The minimum atomic E-state index is -0.352. The van der Waals surface area contributed by atoms with Gasteiger partial charge in [-0.1, -0.05) is 42.5 Å². The average molecular weight is 451 g/mol. The molecule has 2 aromatic rings. The van der Waals surface area contributed by atoms with E-state index in [1.165, 1.54) is 25.5 Å². The second kappa shape index (κ2) is 10.8. The van der Waals surface area contributed by atoms with Crippen molar-refractivity contribution in [3.8, 4) is 5.75 Å². The number of hydrogen-bond acceptors (Lipinski definition) is 5. The van der Waals surface area contributed by atoms with Gasteiger partial charge in [0.15, 0.2) is 0 Å². The highest BCUT2D eigenvalue weighted by Gasteiger charge is 2.41. The smallest absolute Gasteiger partial charge is 0.306 e. The lowest BCUT2D eigenvalue weighted by Gasteiger charge is -2.40. The number of rotatable bonds is 9. The summed E-state index contributed by atoms with van der Waals surface area (Å²) >= 11 is 0. The number of aromatic hydroxyl groups is 1. The van der Waals surface area contributed by atoms with Crippen molar-refractivity contribution in [3.05, 3.63) is 65.7 Å². The van der Waals surface area contributed by atoms with Crippen molar-refractivity contribution in [2.75, 3.05) is 20.2 Å². The molecule has 0 spiro atoms. The van der Waals surface area contributed by atoms with E-state index < -0.39 is 0 Å². The van der Waals surface area contributed by atoms with Crippen LogP contribution in [-0.4, -0.2) is 59.1 Å². The van der Waals surface area contributed by atoms with Gasteiger partial charge in [0.05, 0.1) is 13.5 Å². The van der Waals surface area contributed by atoms with Gasteiger partial charge in [-0.15, -0.1) is 0 Å². The van der Waals surface area contributed by atoms with Gasteiger partial charge in [-0.2, -0.15) is 0 Å². The fraction of sp³-hybridized carbons (Fsp3) is 0.481. The number of phenolic OH excluding ortho intramolecular Hbond substituents is 1. The van der Waals surface area contributed by atoms with Crippen molar-refractivity contribution < 1.29 is 19.4 Å². The molecule has 4 rings (SSSR count). The van der Waals surface area contributed by atoms with Crippen LogP contribution in [-0.2, 0) is 20.9 Å². The summed E-state index contributed by atoms with van der Waals surface area (Å²) < 4.78 is 4.71. The number of fused-ring (bicyclic) bond motifs is 2. The molecule has 176 valence electrons. The van der Waals surface area contributed by atoms with Crippen molar-refractivity contribution in [1.29, 1.82) is 0 Å². The Bertz CT molecular complexity index is 934. The molecule has 0 aliphatic carbocycles. The highest BCUT2D eigenvalue weighted by atomic mass is 16.5. The number of benzene rings is 2. The SMILES string of the molecule is COC(=O)CCC(=O)N(CCN1[C@@H]2CC[C@H]1CC(c1cccc(O)c1)C2)Cc1ccccc1. The van der Waals surface area contributed by atoms with Crippen LogP contribution < -0.4 is 0 Å². The molecule has 3 atom stereocenters. The molecule has 2 bridgehead atoms. The number of carbonyl (C=O) groups excluding carboxylic acids is 2. The van der Waals surface area contributed by atoms with Gasteiger partial charge in [0.2, 0.25) is 5.91 Å². The first kappa shape index (κ1) is 23.3. The number of piperidine rings is 1. The third-order valence-electron chi connectivity index (χ3n) is 7.19. The minimum absolute atomic E-state index is 0.00810. The number of hydrogen-bond donors (Lipinski definition) is 1. The van der Waals surface area contributed by atoms with Crippen LogP contribution in [0.3, 0.4) is 0 Å². The fourth-order valence-corrected chi connectivity index (χ4v) is 5.49. The largest absolute Gasteiger partial charge is 0.508 e. The Kier molecular flexibility index (Phi) is 7.65. The molecular formula is C27H34N2O4. The summed E-state index contributed by atoms with van der Waals surface area (Å²) in [7, 11) is 1.35. The summed E-state index contributed by atoms with van der Waals surface area (Å²) in [6.45, 7) is 2.05. The van der Waals surface area contributed by atoms with E-state index in [9.17, 15) is 14.7 Å². The molecule has 2 aliphatic rings. The maximum atomic E-state index is 13.0. The van der Waals surface area contributed by atoms with E-state index >= 15 is 0 Å². The van der Waals surface area contributed by atoms with Crippen molar-refractivity contribution in [1.82, 2.24) is 9.80 Å². The number of ether oxygens (including phenoxy) is 1. The van der Waals surface area contributed by atoms with E-state index in [1.54, 1.807) is 6.07 Å². The van der Waals surface area contributed by atoms with Gasteiger partial charge >= 0.3 is 5.97 Å². The maximum absolute atomic E-state index is 13.0. The van der Waals surface area contributed by atoms with Crippen LogP contribution in [0.4, 0.5) is 0 Å². The summed E-state index contributed by atoms with van der Waals surface area (Å²) in [5, 5.41) is 9.88. The maximum Gasteiger partial charge on any atom is 0.306 e. The Morgan fingerprint density at radius 3 is 2.42 bits per heavy atom. The highest BCUT2D eigenvalue weighted by molar-refractivity contribution is 5.81. The van der Waals surface area contributed by atoms with Gasteiger partial charge in [-0.25, -0.2) is 0 Å². The third-order valence-corrected chi connectivity index (χ3v) is 7.19. The van der Waals surface area contributed by atoms with Crippen molar-refractivity contribution >= 4 is 11.9 Å². The lowest BCUT2D eigenvalue weighted by Crippen LogP contribution is -2.46. The lowest BCUT2D eigenvalue weighted by atomic mass is 9.85. The Hall–Kier alpha value is -2.86. The monoisotopic (exact) mass is 450 g/mol. The number of carbonyl (C=O) groups is 2. The van der Waals surface area contributed by atoms with Crippen LogP contribution in [0.2, 0.25) is 0 Å². The highest BCUT2D eigenvalue weighted by Crippen LogP contribution is 2.43. The van der Waals surface area contributed by atoms with Crippen molar-refractivity contribution in [2.24, 2.45) is 0 Å². The molecule has 2 heterocycles. The molecule has 2 aliphatic heterocycles. The van der Waals surface area contributed by atoms with E-state index in [2.05, 4.69) is 11.0 Å². The lowest BCUT2D eigenvalue weighted by molar-refractivity contribution is -0.143. The quantitative estimate of drug-likeness (QED) is 0.583. The standard InChI is InChI=1S/C27H34N2O4/c1-33-27(32)13-12-26(31)28(19-20-6-3-2-4-7-20)14-15-29-23-10-11-24(29)17-22(16-23)21-8-5-9-25(30)18-21/h2-9,18,22-24,30H,10-17,19H2,1H3/t22?,23-,24+. The molecule has 2 aromatic carbocycles. The molecule has 6 nitrogen and oxygen atoms in total. The second-order valence-electron chi connectivity index (χ2n) is 9.26. The Balaban J connectivity index is 1.38. The van der Waals surface area contributed by atoms with Crippen LogP contribution in [0.15, 0.2) is 54.6 Å². The molecule has 1 unspecified atom stereocenters. The number of phenols is 1. The van der Waals surface area contributed by atoms with Crippen LogP contribution in [0.25, 0.3) is 0 Å². The molecule has 0 aromatic heterocycles. The van der Waals surface area contributed by atoms with Crippen LogP contribution >= 0.6 is 0 Å². The summed E-state index contributed by atoms with van der Waals surface area (Å²) in [5.41, 5.74) is 2.32. The first-order chi connectivity index (χ1) is 16.0. The molecule has 2 fully saturated rings. The molecule has 6 heteroatoms. The number of methoxy groups -OCH3 is 1. The van der Waals surface area contributed by atoms with Gasteiger partial charge in [0.1, 0.15) is 5.75 Å². The van der Waals surface area contributed by atoms with Gasteiger partial charge in [0.25, 0.3) is 0 Å². The van der Waals surface area contributed by atoms with E-state index in [-0.39, 0.29) is 24.7 Å². The van der Waals surface area contributed by atoms with Crippen LogP contribution in [0.1, 0.15) is 55.6 Å². The number of esters is 1. The van der Waals surface area contributed by atoms with Gasteiger partial charge in [-0.3, -0.25) is 14.5 Å². The van der Waals surface area contributed by atoms with Crippen LogP contribution in [0.5, 0.6) is 5.75 Å². The molecule has 33 heavy (non-hydrogen) atoms. The predicted octanol–water partition coefficient (Wildman–Crippen LogP) is 4.08. The van der Waals surface area contributed by atoms with Gasteiger partial charge < -0.3 is 14.7 Å². The first-order valence-electron chi connectivity index (χ1n) is 12.0.